The molecular formula is C10H12Cl2O2. The van der Waals surface area contributed by atoms with E-state index < -0.39 is 0 Å². The monoisotopic (exact) mass is 234 g/mol. The normalized spacial score (nSPS) is 10.7. The summed E-state index contributed by atoms with van der Waals surface area (Å²) in [6.07, 6.45) is 0. The molecule has 1 rings (SSSR count). The summed E-state index contributed by atoms with van der Waals surface area (Å²) in [5.74, 6) is 0. The zero-order valence-electron chi connectivity index (χ0n) is 8.06. The molecule has 1 aromatic rings. The lowest BCUT2D eigenvalue weighted by Gasteiger charge is -2.15. The van der Waals surface area contributed by atoms with Gasteiger partial charge < -0.3 is 10.2 Å². The van der Waals surface area contributed by atoms with Crippen molar-refractivity contribution in [2.24, 2.45) is 0 Å². The molecule has 0 spiro atoms. The Balaban J connectivity index is 3.55. The van der Waals surface area contributed by atoms with Crippen LogP contribution in [0.5, 0.6) is 0 Å². The number of aliphatic hydroxyl groups is 2. The topological polar surface area (TPSA) is 40.5 Å². The summed E-state index contributed by atoms with van der Waals surface area (Å²) >= 11 is 12.0. The highest BCUT2D eigenvalue weighted by Gasteiger charge is 2.15. The maximum absolute atomic E-state index is 9.11. The fraction of sp³-hybridized carbons (Fsp3) is 0.400. The summed E-state index contributed by atoms with van der Waals surface area (Å²) in [6, 6.07) is 0. The molecular weight excluding hydrogens is 223 g/mol. The lowest BCUT2D eigenvalue weighted by atomic mass is 10.0. The molecule has 1 aromatic carbocycles. The number of aliphatic hydroxyl groups excluding tert-OH is 2. The van der Waals surface area contributed by atoms with Crippen molar-refractivity contribution in [1.29, 1.82) is 0 Å². The second kappa shape index (κ2) is 4.49. The van der Waals surface area contributed by atoms with Crippen LogP contribution < -0.4 is 0 Å². The van der Waals surface area contributed by atoms with Crippen molar-refractivity contribution in [1.82, 2.24) is 0 Å². The molecule has 0 bridgehead atoms. The van der Waals surface area contributed by atoms with Crippen LogP contribution in [0.2, 0.25) is 10.0 Å². The van der Waals surface area contributed by atoms with Crippen LogP contribution in [0, 0.1) is 13.8 Å². The Bertz CT molecular complexity index is 298. The smallest absolute Gasteiger partial charge is 0.0699 e. The van der Waals surface area contributed by atoms with Crippen LogP contribution in [-0.2, 0) is 13.2 Å². The van der Waals surface area contributed by atoms with Gasteiger partial charge in [0, 0.05) is 21.2 Å². The molecule has 0 radical (unpaired) electrons. The van der Waals surface area contributed by atoms with Gasteiger partial charge in [-0.15, -0.1) is 0 Å². The molecule has 78 valence electrons. The first-order chi connectivity index (χ1) is 6.54. The molecule has 0 saturated carbocycles. The van der Waals surface area contributed by atoms with Gasteiger partial charge in [-0.1, -0.05) is 23.2 Å². The Morgan fingerprint density at radius 1 is 0.857 bits per heavy atom. The first-order valence-corrected chi connectivity index (χ1v) is 4.97. The summed E-state index contributed by atoms with van der Waals surface area (Å²) in [4.78, 5) is 0. The van der Waals surface area contributed by atoms with Crippen LogP contribution in [0.3, 0.4) is 0 Å². The highest BCUT2D eigenvalue weighted by molar-refractivity contribution is 6.35. The van der Waals surface area contributed by atoms with Gasteiger partial charge in [-0.25, -0.2) is 0 Å². The number of hydrogen-bond acceptors (Lipinski definition) is 2. The van der Waals surface area contributed by atoms with Gasteiger partial charge in [-0.2, -0.15) is 0 Å². The van der Waals surface area contributed by atoms with Crippen LogP contribution in [0.4, 0.5) is 0 Å². The molecule has 0 fully saturated rings. The van der Waals surface area contributed by atoms with E-state index in [0.29, 0.717) is 21.2 Å². The molecule has 0 aliphatic rings. The molecule has 0 saturated heterocycles. The van der Waals surface area contributed by atoms with Crippen molar-refractivity contribution in [3.8, 4) is 0 Å². The van der Waals surface area contributed by atoms with Crippen molar-refractivity contribution >= 4 is 23.2 Å². The van der Waals surface area contributed by atoms with Crippen molar-refractivity contribution in [2.45, 2.75) is 27.1 Å². The van der Waals surface area contributed by atoms with E-state index >= 15 is 0 Å². The molecule has 2 N–H and O–H groups in total. The van der Waals surface area contributed by atoms with Gasteiger partial charge in [0.1, 0.15) is 0 Å². The van der Waals surface area contributed by atoms with Crippen LogP contribution in [0.1, 0.15) is 22.3 Å². The first kappa shape index (κ1) is 11.8. The van der Waals surface area contributed by atoms with Gasteiger partial charge in [0.2, 0.25) is 0 Å². The van der Waals surface area contributed by atoms with Crippen molar-refractivity contribution < 1.29 is 10.2 Å². The van der Waals surface area contributed by atoms with Crippen molar-refractivity contribution in [3.05, 3.63) is 32.3 Å². The van der Waals surface area contributed by atoms with Gasteiger partial charge in [0.05, 0.1) is 13.2 Å². The van der Waals surface area contributed by atoms with E-state index in [1.165, 1.54) is 0 Å². The SMILES string of the molecule is Cc1c(Cl)c(CO)c(C)c(Cl)c1CO. The zero-order chi connectivity index (χ0) is 10.9. The van der Waals surface area contributed by atoms with Gasteiger partial charge in [-0.05, 0) is 25.0 Å². The average Bonchev–Trinajstić information content (AvgIpc) is 2.17. The Kier molecular flexibility index (Phi) is 3.78. The maximum Gasteiger partial charge on any atom is 0.0699 e. The third kappa shape index (κ3) is 1.75. The maximum atomic E-state index is 9.11. The molecule has 0 aliphatic heterocycles. The van der Waals surface area contributed by atoms with E-state index in [0.717, 1.165) is 11.1 Å². The molecule has 2 nitrogen and oxygen atoms in total. The predicted octanol–water partition coefficient (Wildman–Crippen LogP) is 2.59. The molecule has 14 heavy (non-hydrogen) atoms. The van der Waals surface area contributed by atoms with Gasteiger partial charge in [-0.3, -0.25) is 0 Å². The van der Waals surface area contributed by atoms with Crippen molar-refractivity contribution in [2.75, 3.05) is 0 Å². The minimum absolute atomic E-state index is 0.142. The minimum atomic E-state index is -0.142. The van der Waals surface area contributed by atoms with Crippen LogP contribution in [0.25, 0.3) is 0 Å². The quantitative estimate of drug-likeness (QED) is 0.827. The summed E-state index contributed by atoms with van der Waals surface area (Å²) < 4.78 is 0. The Morgan fingerprint density at radius 3 is 1.36 bits per heavy atom. The Morgan fingerprint density at radius 2 is 1.14 bits per heavy atom. The van der Waals surface area contributed by atoms with Crippen molar-refractivity contribution in [3.63, 3.8) is 0 Å². The number of benzene rings is 1. The second-order valence-electron chi connectivity index (χ2n) is 3.15. The summed E-state index contributed by atoms with van der Waals surface area (Å²) in [6.45, 7) is 3.27. The molecule has 4 heteroatoms. The highest BCUT2D eigenvalue weighted by Crippen LogP contribution is 2.34. The number of rotatable bonds is 2. The molecule has 0 amide bonds. The van der Waals surface area contributed by atoms with Crippen LogP contribution in [0.15, 0.2) is 0 Å². The fourth-order valence-corrected chi connectivity index (χ4v) is 2.05. The molecule has 0 aliphatic carbocycles. The first-order valence-electron chi connectivity index (χ1n) is 4.22. The van der Waals surface area contributed by atoms with E-state index in [-0.39, 0.29) is 13.2 Å². The van der Waals surface area contributed by atoms with E-state index in [1.54, 1.807) is 13.8 Å². The molecule has 0 aromatic heterocycles. The summed E-state index contributed by atoms with van der Waals surface area (Å²) in [7, 11) is 0. The number of hydrogen-bond donors (Lipinski definition) is 2. The third-order valence-electron chi connectivity index (χ3n) is 2.41. The highest BCUT2D eigenvalue weighted by atomic mass is 35.5. The van der Waals surface area contributed by atoms with Gasteiger partial charge in [0.25, 0.3) is 0 Å². The predicted molar refractivity (Wildman–Crippen MR) is 57.8 cm³/mol. The molecule has 0 unspecified atom stereocenters. The summed E-state index contributed by atoms with van der Waals surface area (Å²) in [5.41, 5.74) is 2.72. The summed E-state index contributed by atoms with van der Waals surface area (Å²) in [5, 5.41) is 19.2. The van der Waals surface area contributed by atoms with E-state index in [1.807, 2.05) is 0 Å². The fourth-order valence-electron chi connectivity index (χ4n) is 1.42. The lowest BCUT2D eigenvalue weighted by Crippen LogP contribution is -2.00. The third-order valence-corrected chi connectivity index (χ3v) is 3.43. The molecule has 0 atom stereocenters. The van der Waals surface area contributed by atoms with Crippen LogP contribution in [-0.4, -0.2) is 10.2 Å². The zero-order valence-corrected chi connectivity index (χ0v) is 9.58. The standard InChI is InChI=1S/C10H12Cl2O2/c1-5-7(3-13)10(12)6(2)8(4-14)9(5)11/h13-14H,3-4H2,1-2H3. The van der Waals surface area contributed by atoms with E-state index in [4.69, 9.17) is 33.4 Å². The van der Waals surface area contributed by atoms with Gasteiger partial charge in [0.15, 0.2) is 0 Å². The van der Waals surface area contributed by atoms with E-state index in [2.05, 4.69) is 0 Å². The van der Waals surface area contributed by atoms with Gasteiger partial charge >= 0.3 is 0 Å². The second-order valence-corrected chi connectivity index (χ2v) is 3.91. The Labute approximate surface area is 93.1 Å². The van der Waals surface area contributed by atoms with E-state index in [9.17, 15) is 0 Å². The molecule has 0 heterocycles. The number of halogens is 2. The minimum Gasteiger partial charge on any atom is -0.392 e. The lowest BCUT2D eigenvalue weighted by molar-refractivity contribution is 0.277. The Hall–Kier alpha value is -0.280. The van der Waals surface area contributed by atoms with Crippen LogP contribution >= 0.6 is 23.2 Å². The average molecular weight is 235 g/mol. The largest absolute Gasteiger partial charge is 0.392 e.